The summed E-state index contributed by atoms with van der Waals surface area (Å²) in [7, 11) is 0. The predicted octanol–water partition coefficient (Wildman–Crippen LogP) is 0.248. The molecule has 0 aliphatic carbocycles. The first-order valence-corrected chi connectivity index (χ1v) is 6.58. The van der Waals surface area contributed by atoms with Gasteiger partial charge in [0.15, 0.2) is 11.5 Å². The molecule has 2 aromatic heterocycles. The molecule has 3 heterocycles. The number of nitrogens with one attached hydrogen (secondary N) is 1. The van der Waals surface area contributed by atoms with Crippen LogP contribution < -0.4 is 11.1 Å². The SMILES string of the molecule is Nc1nccnc1C(=O)NC[C@H]1CCc2nccn2C1. The van der Waals surface area contributed by atoms with Crippen LogP contribution in [0.15, 0.2) is 24.8 Å². The van der Waals surface area contributed by atoms with E-state index < -0.39 is 0 Å². The summed E-state index contributed by atoms with van der Waals surface area (Å²) >= 11 is 0. The first-order valence-electron chi connectivity index (χ1n) is 6.58. The van der Waals surface area contributed by atoms with Crippen molar-refractivity contribution < 1.29 is 4.79 Å². The van der Waals surface area contributed by atoms with Gasteiger partial charge in [0.2, 0.25) is 0 Å². The molecule has 0 radical (unpaired) electrons. The van der Waals surface area contributed by atoms with Gasteiger partial charge in [-0.2, -0.15) is 0 Å². The van der Waals surface area contributed by atoms with E-state index in [1.807, 2.05) is 12.4 Å². The van der Waals surface area contributed by atoms with Crippen molar-refractivity contribution in [2.75, 3.05) is 12.3 Å². The highest BCUT2D eigenvalue weighted by molar-refractivity contribution is 5.96. The number of aromatic nitrogens is 4. The Balaban J connectivity index is 1.58. The summed E-state index contributed by atoms with van der Waals surface area (Å²) in [4.78, 5) is 24.1. The highest BCUT2D eigenvalue weighted by atomic mass is 16.1. The van der Waals surface area contributed by atoms with Crippen molar-refractivity contribution in [3.8, 4) is 0 Å². The Morgan fingerprint density at radius 1 is 1.35 bits per heavy atom. The maximum atomic E-state index is 12.0. The minimum absolute atomic E-state index is 0.158. The largest absolute Gasteiger partial charge is 0.382 e. The summed E-state index contributed by atoms with van der Waals surface area (Å²) in [5, 5.41) is 2.88. The monoisotopic (exact) mass is 272 g/mol. The van der Waals surface area contributed by atoms with E-state index >= 15 is 0 Å². The van der Waals surface area contributed by atoms with Gasteiger partial charge in [-0.25, -0.2) is 15.0 Å². The van der Waals surface area contributed by atoms with Gasteiger partial charge in [0.25, 0.3) is 5.91 Å². The van der Waals surface area contributed by atoms with Gasteiger partial charge >= 0.3 is 0 Å². The van der Waals surface area contributed by atoms with E-state index in [1.54, 1.807) is 0 Å². The average molecular weight is 272 g/mol. The van der Waals surface area contributed by atoms with Crippen LogP contribution in [-0.2, 0) is 13.0 Å². The van der Waals surface area contributed by atoms with Gasteiger partial charge in [0, 0.05) is 44.3 Å². The van der Waals surface area contributed by atoms with Gasteiger partial charge in [0.1, 0.15) is 5.82 Å². The maximum absolute atomic E-state index is 12.0. The first-order chi connectivity index (χ1) is 9.74. The van der Waals surface area contributed by atoms with Crippen molar-refractivity contribution in [3.05, 3.63) is 36.3 Å². The van der Waals surface area contributed by atoms with Crippen molar-refractivity contribution in [1.29, 1.82) is 0 Å². The summed E-state index contributed by atoms with van der Waals surface area (Å²) in [6, 6.07) is 0. The molecule has 2 aromatic rings. The van der Waals surface area contributed by atoms with Gasteiger partial charge in [-0.3, -0.25) is 4.79 Å². The summed E-state index contributed by atoms with van der Waals surface area (Å²) in [5.41, 5.74) is 5.82. The number of hydrogen-bond acceptors (Lipinski definition) is 5. The smallest absolute Gasteiger partial charge is 0.273 e. The Labute approximate surface area is 116 Å². The fraction of sp³-hybridized carbons (Fsp3) is 0.385. The zero-order valence-corrected chi connectivity index (χ0v) is 11.0. The molecule has 1 aliphatic rings. The maximum Gasteiger partial charge on any atom is 0.273 e. The van der Waals surface area contributed by atoms with Gasteiger partial charge in [0.05, 0.1) is 0 Å². The molecule has 0 bridgehead atoms. The van der Waals surface area contributed by atoms with Crippen LogP contribution in [-0.4, -0.2) is 32.0 Å². The Bertz CT molecular complexity index is 623. The van der Waals surface area contributed by atoms with E-state index in [1.165, 1.54) is 12.4 Å². The molecule has 20 heavy (non-hydrogen) atoms. The second-order valence-corrected chi connectivity index (χ2v) is 4.90. The van der Waals surface area contributed by atoms with Gasteiger partial charge in [-0.05, 0) is 12.3 Å². The number of amides is 1. The molecule has 1 amide bonds. The van der Waals surface area contributed by atoms with E-state index in [0.717, 1.165) is 25.2 Å². The molecule has 7 nitrogen and oxygen atoms in total. The lowest BCUT2D eigenvalue weighted by Gasteiger charge is -2.23. The van der Waals surface area contributed by atoms with Gasteiger partial charge < -0.3 is 15.6 Å². The number of hydrogen-bond donors (Lipinski definition) is 2. The van der Waals surface area contributed by atoms with Crippen LogP contribution in [0.1, 0.15) is 22.7 Å². The van der Waals surface area contributed by atoms with Crippen LogP contribution in [0, 0.1) is 5.92 Å². The third kappa shape index (κ3) is 2.47. The summed E-state index contributed by atoms with van der Waals surface area (Å²) in [6.45, 7) is 1.48. The van der Waals surface area contributed by atoms with Crippen molar-refractivity contribution in [1.82, 2.24) is 24.8 Å². The van der Waals surface area contributed by atoms with Crippen molar-refractivity contribution >= 4 is 11.7 Å². The van der Waals surface area contributed by atoms with Crippen LogP contribution in [0.2, 0.25) is 0 Å². The molecule has 0 fully saturated rings. The molecule has 0 saturated heterocycles. The summed E-state index contributed by atoms with van der Waals surface area (Å²) in [6.07, 6.45) is 8.69. The quantitative estimate of drug-likeness (QED) is 0.834. The Hall–Kier alpha value is -2.44. The molecule has 0 aromatic carbocycles. The molecule has 3 rings (SSSR count). The number of carbonyl (C=O) groups excluding carboxylic acids is 1. The zero-order valence-electron chi connectivity index (χ0n) is 11.0. The predicted molar refractivity (Wildman–Crippen MR) is 72.8 cm³/mol. The van der Waals surface area contributed by atoms with Crippen molar-refractivity contribution in [2.24, 2.45) is 5.92 Å². The second-order valence-electron chi connectivity index (χ2n) is 4.90. The third-order valence-electron chi connectivity index (χ3n) is 3.53. The molecule has 0 spiro atoms. The highest BCUT2D eigenvalue weighted by Gasteiger charge is 2.20. The standard InChI is InChI=1S/C13H16N6O/c14-12-11(16-3-4-17-12)13(20)18-7-9-1-2-10-15-5-6-19(10)8-9/h3-6,9H,1-2,7-8H2,(H2,14,17)(H,18,20)/t9-/m1/s1. The lowest BCUT2D eigenvalue weighted by Crippen LogP contribution is -2.34. The minimum atomic E-state index is -0.271. The molecule has 0 unspecified atom stereocenters. The Morgan fingerprint density at radius 3 is 3.05 bits per heavy atom. The van der Waals surface area contributed by atoms with Gasteiger partial charge in [-0.15, -0.1) is 0 Å². The number of nitrogens with two attached hydrogens (primary N) is 1. The number of carbonyl (C=O) groups is 1. The van der Waals surface area contributed by atoms with E-state index in [0.29, 0.717) is 12.5 Å². The fourth-order valence-corrected chi connectivity index (χ4v) is 2.45. The third-order valence-corrected chi connectivity index (χ3v) is 3.53. The molecule has 0 saturated carbocycles. The van der Waals surface area contributed by atoms with Crippen LogP contribution >= 0.6 is 0 Å². The first kappa shape index (κ1) is 12.6. The fourth-order valence-electron chi connectivity index (χ4n) is 2.45. The minimum Gasteiger partial charge on any atom is -0.382 e. The lowest BCUT2D eigenvalue weighted by molar-refractivity contribution is 0.0939. The number of imidazole rings is 1. The normalized spacial score (nSPS) is 17.5. The lowest BCUT2D eigenvalue weighted by atomic mass is 9.99. The van der Waals surface area contributed by atoms with Crippen LogP contribution in [0.3, 0.4) is 0 Å². The molecule has 7 heteroatoms. The van der Waals surface area contributed by atoms with E-state index in [2.05, 4.69) is 24.8 Å². The number of fused-ring (bicyclic) bond motifs is 1. The van der Waals surface area contributed by atoms with E-state index in [4.69, 9.17) is 5.73 Å². The molecule has 104 valence electrons. The number of aryl methyl sites for hydroxylation is 1. The number of nitrogen functional groups attached to an aromatic ring is 1. The molecule has 3 N–H and O–H groups in total. The molecule has 1 atom stereocenters. The summed E-state index contributed by atoms with van der Waals surface area (Å²) in [5.74, 6) is 1.40. The number of rotatable bonds is 3. The average Bonchev–Trinajstić information content (AvgIpc) is 2.92. The van der Waals surface area contributed by atoms with Crippen LogP contribution in [0.5, 0.6) is 0 Å². The molecular weight excluding hydrogens is 256 g/mol. The van der Waals surface area contributed by atoms with Crippen LogP contribution in [0.25, 0.3) is 0 Å². The summed E-state index contributed by atoms with van der Waals surface area (Å²) < 4.78 is 2.14. The van der Waals surface area contributed by atoms with Gasteiger partial charge in [-0.1, -0.05) is 0 Å². The van der Waals surface area contributed by atoms with Crippen molar-refractivity contribution in [3.63, 3.8) is 0 Å². The second kappa shape index (κ2) is 5.28. The van der Waals surface area contributed by atoms with E-state index in [-0.39, 0.29) is 17.4 Å². The molecular formula is C13H16N6O. The Kier molecular flexibility index (Phi) is 3.32. The number of nitrogens with zero attached hydrogens (tertiary/aromatic N) is 4. The van der Waals surface area contributed by atoms with E-state index in [9.17, 15) is 4.79 Å². The topological polar surface area (TPSA) is 98.7 Å². The Morgan fingerprint density at radius 2 is 2.20 bits per heavy atom. The van der Waals surface area contributed by atoms with Crippen LogP contribution in [0.4, 0.5) is 5.82 Å². The van der Waals surface area contributed by atoms with Crippen molar-refractivity contribution in [2.45, 2.75) is 19.4 Å². The highest BCUT2D eigenvalue weighted by Crippen LogP contribution is 2.18. The molecule has 1 aliphatic heterocycles. The number of anilines is 1. The zero-order chi connectivity index (χ0) is 13.9.